The van der Waals surface area contributed by atoms with Gasteiger partial charge in [0, 0.05) is 18.5 Å². The standard InChI is InChI=1S/C14H27NO2/c1-4-7-11(2)14(17)15-9-6-5-8-13(15)10-12(3)16/h11-13,16H,4-10H2,1-3H3. The smallest absolute Gasteiger partial charge is 0.225 e. The molecule has 1 N–H and O–H groups in total. The van der Waals surface area contributed by atoms with Crippen molar-refractivity contribution in [2.75, 3.05) is 6.54 Å². The molecule has 1 saturated heterocycles. The first kappa shape index (κ1) is 14.5. The summed E-state index contributed by atoms with van der Waals surface area (Å²) >= 11 is 0. The van der Waals surface area contributed by atoms with Crippen molar-refractivity contribution in [3.8, 4) is 0 Å². The number of piperidine rings is 1. The fraction of sp³-hybridized carbons (Fsp3) is 0.929. The molecule has 0 aromatic carbocycles. The molecule has 3 heteroatoms. The summed E-state index contributed by atoms with van der Waals surface area (Å²) < 4.78 is 0. The molecule has 17 heavy (non-hydrogen) atoms. The van der Waals surface area contributed by atoms with Gasteiger partial charge in [0.15, 0.2) is 0 Å². The van der Waals surface area contributed by atoms with Crippen LogP contribution in [0, 0.1) is 5.92 Å². The van der Waals surface area contributed by atoms with Gasteiger partial charge in [0.1, 0.15) is 0 Å². The van der Waals surface area contributed by atoms with Crippen LogP contribution in [0.2, 0.25) is 0 Å². The Labute approximate surface area is 105 Å². The second kappa shape index (κ2) is 7.00. The minimum atomic E-state index is -0.310. The van der Waals surface area contributed by atoms with Crippen molar-refractivity contribution in [1.82, 2.24) is 4.90 Å². The van der Waals surface area contributed by atoms with Crippen LogP contribution in [0.4, 0.5) is 0 Å². The Morgan fingerprint density at radius 1 is 1.41 bits per heavy atom. The van der Waals surface area contributed by atoms with Gasteiger partial charge in [-0.05, 0) is 39.0 Å². The van der Waals surface area contributed by atoms with E-state index in [0.29, 0.717) is 0 Å². The van der Waals surface area contributed by atoms with Crippen LogP contribution in [0.15, 0.2) is 0 Å². The number of aliphatic hydroxyl groups excluding tert-OH is 1. The van der Waals surface area contributed by atoms with Gasteiger partial charge in [-0.25, -0.2) is 0 Å². The van der Waals surface area contributed by atoms with E-state index in [-0.39, 0.29) is 24.0 Å². The van der Waals surface area contributed by atoms with Crippen molar-refractivity contribution in [2.24, 2.45) is 5.92 Å². The molecule has 1 fully saturated rings. The molecule has 3 atom stereocenters. The summed E-state index contributed by atoms with van der Waals surface area (Å²) in [6.07, 6.45) is 5.79. The SMILES string of the molecule is CCCC(C)C(=O)N1CCCCC1CC(C)O. The van der Waals surface area contributed by atoms with Gasteiger partial charge in [-0.2, -0.15) is 0 Å². The highest BCUT2D eigenvalue weighted by Gasteiger charge is 2.29. The van der Waals surface area contributed by atoms with E-state index >= 15 is 0 Å². The zero-order valence-electron chi connectivity index (χ0n) is 11.5. The fourth-order valence-corrected chi connectivity index (χ4v) is 2.77. The van der Waals surface area contributed by atoms with E-state index in [0.717, 1.165) is 38.6 Å². The third kappa shape index (κ3) is 4.30. The lowest BCUT2D eigenvalue weighted by molar-refractivity contribution is -0.139. The van der Waals surface area contributed by atoms with Crippen LogP contribution < -0.4 is 0 Å². The number of amides is 1. The van der Waals surface area contributed by atoms with Crippen molar-refractivity contribution in [1.29, 1.82) is 0 Å². The van der Waals surface area contributed by atoms with Gasteiger partial charge in [0.25, 0.3) is 0 Å². The van der Waals surface area contributed by atoms with Crippen LogP contribution in [0.1, 0.15) is 59.3 Å². The van der Waals surface area contributed by atoms with Crippen LogP contribution in [0.5, 0.6) is 0 Å². The van der Waals surface area contributed by atoms with Gasteiger partial charge in [-0.15, -0.1) is 0 Å². The first-order valence-corrected chi connectivity index (χ1v) is 7.04. The number of aliphatic hydroxyl groups is 1. The normalized spacial score (nSPS) is 24.5. The Morgan fingerprint density at radius 2 is 2.12 bits per heavy atom. The number of hydrogen-bond acceptors (Lipinski definition) is 2. The van der Waals surface area contributed by atoms with Crippen molar-refractivity contribution >= 4 is 5.91 Å². The summed E-state index contributed by atoms with van der Waals surface area (Å²) in [7, 11) is 0. The largest absolute Gasteiger partial charge is 0.393 e. The highest BCUT2D eigenvalue weighted by atomic mass is 16.3. The molecule has 0 saturated carbocycles. The zero-order chi connectivity index (χ0) is 12.8. The molecule has 1 rings (SSSR count). The second-order valence-corrected chi connectivity index (χ2v) is 5.46. The quantitative estimate of drug-likeness (QED) is 0.803. The van der Waals surface area contributed by atoms with Crippen molar-refractivity contribution < 1.29 is 9.90 Å². The van der Waals surface area contributed by atoms with Gasteiger partial charge in [-0.3, -0.25) is 4.79 Å². The van der Waals surface area contributed by atoms with Crippen LogP contribution in [0.3, 0.4) is 0 Å². The Hall–Kier alpha value is -0.570. The van der Waals surface area contributed by atoms with Gasteiger partial charge in [-0.1, -0.05) is 20.3 Å². The van der Waals surface area contributed by atoms with Gasteiger partial charge in [0.05, 0.1) is 6.10 Å². The molecular weight excluding hydrogens is 214 g/mol. The van der Waals surface area contributed by atoms with E-state index in [1.807, 2.05) is 18.7 Å². The molecule has 100 valence electrons. The van der Waals surface area contributed by atoms with E-state index in [2.05, 4.69) is 6.92 Å². The number of likely N-dealkylation sites (tertiary alicyclic amines) is 1. The lowest BCUT2D eigenvalue weighted by Crippen LogP contribution is -2.47. The summed E-state index contributed by atoms with van der Waals surface area (Å²) in [5.74, 6) is 0.423. The van der Waals surface area contributed by atoms with Gasteiger partial charge < -0.3 is 10.0 Å². The average molecular weight is 241 g/mol. The molecule has 0 radical (unpaired) electrons. The topological polar surface area (TPSA) is 40.5 Å². The molecule has 3 nitrogen and oxygen atoms in total. The first-order chi connectivity index (χ1) is 8.06. The molecule has 1 aliphatic heterocycles. The van der Waals surface area contributed by atoms with Crippen molar-refractivity contribution in [3.63, 3.8) is 0 Å². The van der Waals surface area contributed by atoms with Crippen LogP contribution in [-0.2, 0) is 4.79 Å². The minimum absolute atomic E-state index is 0.134. The maximum Gasteiger partial charge on any atom is 0.225 e. The van der Waals surface area contributed by atoms with Crippen molar-refractivity contribution in [2.45, 2.75) is 71.4 Å². The lowest BCUT2D eigenvalue weighted by Gasteiger charge is -2.38. The highest BCUT2D eigenvalue weighted by Crippen LogP contribution is 2.23. The number of hydrogen-bond donors (Lipinski definition) is 1. The summed E-state index contributed by atoms with van der Waals surface area (Å²) in [5.41, 5.74) is 0. The first-order valence-electron chi connectivity index (χ1n) is 7.04. The Balaban J connectivity index is 2.60. The number of carbonyl (C=O) groups excluding carboxylic acids is 1. The molecule has 3 unspecified atom stereocenters. The molecule has 0 bridgehead atoms. The van der Waals surface area contributed by atoms with Crippen LogP contribution >= 0.6 is 0 Å². The molecule has 0 aromatic rings. The third-order valence-corrected chi connectivity index (χ3v) is 3.67. The van der Waals surface area contributed by atoms with Gasteiger partial charge >= 0.3 is 0 Å². The van der Waals surface area contributed by atoms with Crippen LogP contribution in [-0.4, -0.2) is 34.6 Å². The van der Waals surface area contributed by atoms with Crippen LogP contribution in [0.25, 0.3) is 0 Å². The second-order valence-electron chi connectivity index (χ2n) is 5.46. The van der Waals surface area contributed by atoms with Crippen molar-refractivity contribution in [3.05, 3.63) is 0 Å². The minimum Gasteiger partial charge on any atom is -0.393 e. The Bertz CT molecular complexity index is 240. The predicted octanol–water partition coefficient (Wildman–Crippen LogP) is 2.57. The average Bonchev–Trinajstić information content (AvgIpc) is 2.28. The lowest BCUT2D eigenvalue weighted by atomic mass is 9.94. The highest BCUT2D eigenvalue weighted by molar-refractivity contribution is 5.78. The molecular formula is C14H27NO2. The van der Waals surface area contributed by atoms with E-state index in [9.17, 15) is 9.90 Å². The number of nitrogens with zero attached hydrogens (tertiary/aromatic N) is 1. The number of carbonyl (C=O) groups is 1. The molecule has 0 spiro atoms. The number of rotatable bonds is 5. The zero-order valence-corrected chi connectivity index (χ0v) is 11.5. The summed E-state index contributed by atoms with van der Waals surface area (Å²) in [6, 6.07) is 0.260. The summed E-state index contributed by atoms with van der Waals surface area (Å²) in [4.78, 5) is 14.3. The summed E-state index contributed by atoms with van der Waals surface area (Å²) in [5, 5.41) is 9.51. The van der Waals surface area contributed by atoms with E-state index in [1.165, 1.54) is 6.42 Å². The van der Waals surface area contributed by atoms with E-state index < -0.39 is 0 Å². The molecule has 1 heterocycles. The fourth-order valence-electron chi connectivity index (χ4n) is 2.77. The molecule has 0 aliphatic carbocycles. The van der Waals surface area contributed by atoms with E-state index in [4.69, 9.17) is 0 Å². The Morgan fingerprint density at radius 3 is 2.71 bits per heavy atom. The molecule has 0 aromatic heterocycles. The summed E-state index contributed by atoms with van der Waals surface area (Å²) in [6.45, 7) is 6.84. The van der Waals surface area contributed by atoms with Gasteiger partial charge in [0.2, 0.25) is 5.91 Å². The predicted molar refractivity (Wildman–Crippen MR) is 69.7 cm³/mol. The molecule has 1 amide bonds. The van der Waals surface area contributed by atoms with E-state index in [1.54, 1.807) is 0 Å². The monoisotopic (exact) mass is 241 g/mol. The molecule has 1 aliphatic rings. The maximum atomic E-state index is 12.3. The Kier molecular flexibility index (Phi) is 5.96. The maximum absolute atomic E-state index is 12.3. The third-order valence-electron chi connectivity index (χ3n) is 3.67.